The van der Waals surface area contributed by atoms with E-state index in [1.165, 1.54) is 0 Å². The van der Waals surface area contributed by atoms with Crippen LogP contribution in [0.15, 0.2) is 0 Å². The van der Waals surface area contributed by atoms with Crippen molar-refractivity contribution in [3.63, 3.8) is 0 Å². The Morgan fingerprint density at radius 3 is 2.24 bits per heavy atom. The molecule has 0 bridgehead atoms. The number of ether oxygens (including phenoxy) is 2. The molecule has 2 rings (SSSR count). The first-order chi connectivity index (χ1) is 11.3. The first-order valence-electron chi connectivity index (χ1n) is 9.12. The van der Waals surface area contributed by atoms with Gasteiger partial charge in [-0.25, -0.2) is 13.7 Å². The van der Waals surface area contributed by atoms with Crippen LogP contribution >= 0.6 is 0 Å². The third-order valence-corrected chi connectivity index (χ3v) is 6.54. The zero-order valence-corrected chi connectivity index (χ0v) is 17.5. The minimum Gasteiger partial charge on any atom is -0.444 e. The number of nitrogens with one attached hydrogen (secondary N) is 1. The van der Waals surface area contributed by atoms with Crippen LogP contribution in [0.5, 0.6) is 0 Å². The van der Waals surface area contributed by atoms with E-state index in [-0.39, 0.29) is 28.4 Å². The SMILES string of the molecule is CC1OCC2(CCN(C(=O)OC(C)(C)C)CC2)C1NS(=O)C(C)(C)C. The summed E-state index contributed by atoms with van der Waals surface area (Å²) in [4.78, 5) is 14.1. The molecule has 3 unspecified atom stereocenters. The number of nitrogens with zero attached hydrogens (tertiary/aromatic N) is 1. The van der Waals surface area contributed by atoms with Crippen molar-refractivity contribution in [3.8, 4) is 0 Å². The summed E-state index contributed by atoms with van der Waals surface area (Å²) in [6, 6.07) is 0.0355. The molecule has 0 aliphatic carbocycles. The normalized spacial score (nSPS) is 28.2. The number of carbonyl (C=O) groups excluding carboxylic acids is 1. The van der Waals surface area contributed by atoms with Crippen molar-refractivity contribution >= 4 is 17.1 Å². The van der Waals surface area contributed by atoms with Crippen LogP contribution in [0.25, 0.3) is 0 Å². The fourth-order valence-corrected chi connectivity index (χ4v) is 4.44. The van der Waals surface area contributed by atoms with Crippen LogP contribution in [0, 0.1) is 5.41 Å². The molecule has 3 atom stereocenters. The molecule has 2 saturated heterocycles. The van der Waals surface area contributed by atoms with Gasteiger partial charge in [0.25, 0.3) is 0 Å². The van der Waals surface area contributed by atoms with E-state index in [9.17, 15) is 9.00 Å². The molecule has 2 fully saturated rings. The van der Waals surface area contributed by atoms with E-state index in [1.807, 2.05) is 48.5 Å². The van der Waals surface area contributed by atoms with Gasteiger partial charge in [-0.05, 0) is 61.3 Å². The lowest BCUT2D eigenvalue weighted by atomic mass is 9.73. The van der Waals surface area contributed by atoms with Crippen LogP contribution < -0.4 is 4.72 Å². The summed E-state index contributed by atoms with van der Waals surface area (Å²) in [6.45, 7) is 15.5. The van der Waals surface area contributed by atoms with Crippen LogP contribution in [0.2, 0.25) is 0 Å². The van der Waals surface area contributed by atoms with Gasteiger partial charge in [-0.1, -0.05) is 0 Å². The fourth-order valence-electron chi connectivity index (χ4n) is 3.41. The van der Waals surface area contributed by atoms with E-state index in [2.05, 4.69) is 4.72 Å². The number of rotatable bonds is 2. The van der Waals surface area contributed by atoms with Gasteiger partial charge in [0, 0.05) is 18.5 Å². The monoisotopic (exact) mass is 374 g/mol. The van der Waals surface area contributed by atoms with Gasteiger partial charge in [0.1, 0.15) is 5.60 Å². The molecular formula is C18H34N2O4S. The Kier molecular flexibility index (Phi) is 5.91. The summed E-state index contributed by atoms with van der Waals surface area (Å²) >= 11 is 0. The Morgan fingerprint density at radius 2 is 1.76 bits per heavy atom. The Balaban J connectivity index is 2.02. The van der Waals surface area contributed by atoms with Crippen LogP contribution in [-0.4, -0.2) is 57.4 Å². The molecule has 0 aromatic rings. The quantitative estimate of drug-likeness (QED) is 0.807. The summed E-state index contributed by atoms with van der Waals surface area (Å²) in [5.74, 6) is 0. The summed E-state index contributed by atoms with van der Waals surface area (Å²) in [7, 11) is -1.14. The molecule has 7 heteroatoms. The highest BCUT2D eigenvalue weighted by Gasteiger charge is 2.51. The van der Waals surface area contributed by atoms with Crippen LogP contribution in [0.3, 0.4) is 0 Å². The van der Waals surface area contributed by atoms with Crippen LogP contribution in [0.1, 0.15) is 61.3 Å². The largest absolute Gasteiger partial charge is 0.444 e. The first-order valence-corrected chi connectivity index (χ1v) is 10.3. The number of carbonyl (C=O) groups is 1. The van der Waals surface area contributed by atoms with Gasteiger partial charge < -0.3 is 14.4 Å². The number of likely N-dealkylation sites (tertiary alicyclic amines) is 1. The van der Waals surface area contributed by atoms with E-state index in [0.29, 0.717) is 19.7 Å². The molecule has 2 aliphatic heterocycles. The van der Waals surface area contributed by atoms with Crippen molar-refractivity contribution in [1.29, 1.82) is 0 Å². The number of hydrogen-bond donors (Lipinski definition) is 1. The lowest BCUT2D eigenvalue weighted by molar-refractivity contribution is 0.00648. The van der Waals surface area contributed by atoms with Gasteiger partial charge in [0.05, 0.1) is 34.5 Å². The Hall–Kier alpha value is -0.660. The zero-order valence-electron chi connectivity index (χ0n) is 16.7. The molecule has 0 aromatic carbocycles. The molecule has 0 aromatic heterocycles. The summed E-state index contributed by atoms with van der Waals surface area (Å²) in [5.41, 5.74) is -0.552. The lowest BCUT2D eigenvalue weighted by Gasteiger charge is -2.43. The van der Waals surface area contributed by atoms with Crippen LogP contribution in [0.4, 0.5) is 4.79 Å². The maximum Gasteiger partial charge on any atom is 0.410 e. The van der Waals surface area contributed by atoms with Gasteiger partial charge in [-0.2, -0.15) is 0 Å². The maximum atomic E-state index is 12.6. The number of hydrogen-bond acceptors (Lipinski definition) is 4. The van der Waals surface area contributed by atoms with Crippen molar-refractivity contribution in [1.82, 2.24) is 9.62 Å². The molecule has 0 radical (unpaired) electrons. The van der Waals surface area contributed by atoms with E-state index in [4.69, 9.17) is 9.47 Å². The predicted molar refractivity (Wildman–Crippen MR) is 99.7 cm³/mol. The minimum absolute atomic E-state index is 0.0133. The molecule has 1 amide bonds. The molecule has 25 heavy (non-hydrogen) atoms. The number of amides is 1. The smallest absolute Gasteiger partial charge is 0.410 e. The topological polar surface area (TPSA) is 67.9 Å². The van der Waals surface area contributed by atoms with Gasteiger partial charge in [0.2, 0.25) is 0 Å². The van der Waals surface area contributed by atoms with Crippen molar-refractivity contribution < 1.29 is 18.5 Å². The van der Waals surface area contributed by atoms with E-state index >= 15 is 0 Å². The van der Waals surface area contributed by atoms with E-state index in [0.717, 1.165) is 12.8 Å². The highest BCUT2D eigenvalue weighted by molar-refractivity contribution is 7.84. The third kappa shape index (κ3) is 4.95. The molecule has 1 N–H and O–H groups in total. The van der Waals surface area contributed by atoms with Crippen molar-refractivity contribution in [2.45, 2.75) is 83.8 Å². The lowest BCUT2D eigenvalue weighted by Crippen LogP contribution is -2.55. The maximum absolute atomic E-state index is 12.6. The molecule has 0 saturated carbocycles. The standard InChI is InChI=1S/C18H34N2O4S/c1-13-14(19-25(22)17(5,6)7)18(12-23-13)8-10-20(11-9-18)15(21)24-16(2,3)4/h13-14,19H,8-12H2,1-7H3. The molecule has 146 valence electrons. The van der Waals surface area contributed by atoms with Crippen molar-refractivity contribution in [3.05, 3.63) is 0 Å². The van der Waals surface area contributed by atoms with Gasteiger partial charge >= 0.3 is 6.09 Å². The first kappa shape index (κ1) is 20.6. The molecular weight excluding hydrogens is 340 g/mol. The Bertz CT molecular complexity index is 516. The second kappa shape index (κ2) is 7.16. The summed E-state index contributed by atoms with van der Waals surface area (Å²) in [5, 5.41) is 0. The average Bonchev–Trinajstić information content (AvgIpc) is 2.75. The van der Waals surface area contributed by atoms with Gasteiger partial charge in [0.15, 0.2) is 0 Å². The molecule has 1 spiro atoms. The third-order valence-electron chi connectivity index (χ3n) is 4.96. The van der Waals surface area contributed by atoms with E-state index in [1.54, 1.807) is 4.90 Å². The molecule has 2 aliphatic rings. The Labute approximate surface area is 154 Å². The highest BCUT2D eigenvalue weighted by atomic mass is 32.2. The fraction of sp³-hybridized carbons (Fsp3) is 0.944. The zero-order chi connectivity index (χ0) is 19.0. The highest BCUT2D eigenvalue weighted by Crippen LogP contribution is 2.42. The second-order valence-corrected chi connectivity index (χ2v) is 11.3. The second-order valence-electron chi connectivity index (χ2n) is 9.32. The summed E-state index contributed by atoms with van der Waals surface area (Å²) < 4.78 is 27.0. The van der Waals surface area contributed by atoms with Gasteiger partial charge in [-0.3, -0.25) is 0 Å². The van der Waals surface area contributed by atoms with Crippen molar-refractivity contribution in [2.75, 3.05) is 19.7 Å². The average molecular weight is 375 g/mol. The van der Waals surface area contributed by atoms with Gasteiger partial charge in [-0.15, -0.1) is 0 Å². The predicted octanol–water partition coefficient (Wildman–Crippen LogP) is 2.84. The Morgan fingerprint density at radius 1 is 1.20 bits per heavy atom. The van der Waals surface area contributed by atoms with E-state index < -0.39 is 16.6 Å². The molecule has 2 heterocycles. The summed E-state index contributed by atoms with van der Waals surface area (Å²) in [6.07, 6.45) is 1.42. The number of piperidine rings is 1. The van der Waals surface area contributed by atoms with Crippen LogP contribution in [-0.2, 0) is 20.5 Å². The van der Waals surface area contributed by atoms with Crippen molar-refractivity contribution in [2.24, 2.45) is 5.41 Å². The molecule has 6 nitrogen and oxygen atoms in total. The minimum atomic E-state index is -1.14.